The number of hydrogen-bond donors (Lipinski definition) is 1. The summed E-state index contributed by atoms with van der Waals surface area (Å²) in [4.78, 5) is 6.24. The van der Waals surface area contributed by atoms with E-state index in [1.54, 1.807) is 0 Å². The van der Waals surface area contributed by atoms with Crippen molar-refractivity contribution in [3.05, 3.63) is 47.6 Å². The van der Waals surface area contributed by atoms with Crippen molar-refractivity contribution < 1.29 is 4.52 Å². The molecule has 0 fully saturated rings. The molecule has 2 aromatic rings. The molecule has 0 aromatic carbocycles. The molecular formula is C14H20N4O. The average Bonchev–Trinajstić information content (AvgIpc) is 2.85. The standard InChI is InChI=1S/C14H20N4O/c1-15-10-13-9-14(19-17-13)11-18(2)8-5-12-3-6-16-7-4-12/h3-4,6-7,9,15H,5,8,10-11H2,1-2H3. The molecule has 0 aliphatic carbocycles. The van der Waals surface area contributed by atoms with Gasteiger partial charge in [-0.2, -0.15) is 0 Å². The lowest BCUT2D eigenvalue weighted by atomic mass is 10.2. The maximum atomic E-state index is 5.30. The van der Waals surface area contributed by atoms with Crippen molar-refractivity contribution in [1.82, 2.24) is 20.4 Å². The molecule has 2 heterocycles. The molecule has 0 radical (unpaired) electrons. The van der Waals surface area contributed by atoms with Gasteiger partial charge in [0.25, 0.3) is 0 Å². The van der Waals surface area contributed by atoms with Gasteiger partial charge in [0.1, 0.15) is 0 Å². The van der Waals surface area contributed by atoms with Gasteiger partial charge >= 0.3 is 0 Å². The van der Waals surface area contributed by atoms with Gasteiger partial charge in [-0.05, 0) is 38.2 Å². The Hall–Kier alpha value is -1.72. The van der Waals surface area contributed by atoms with E-state index < -0.39 is 0 Å². The number of hydrogen-bond acceptors (Lipinski definition) is 5. The molecule has 19 heavy (non-hydrogen) atoms. The maximum absolute atomic E-state index is 5.30. The van der Waals surface area contributed by atoms with E-state index in [1.807, 2.05) is 37.6 Å². The largest absolute Gasteiger partial charge is 0.360 e. The van der Waals surface area contributed by atoms with Gasteiger partial charge in [-0.3, -0.25) is 9.88 Å². The normalized spacial score (nSPS) is 11.1. The Balaban J connectivity index is 1.78. The number of nitrogens with one attached hydrogen (secondary N) is 1. The zero-order valence-corrected chi connectivity index (χ0v) is 11.5. The predicted octanol–water partition coefficient (Wildman–Crippen LogP) is 1.46. The van der Waals surface area contributed by atoms with Gasteiger partial charge in [-0.1, -0.05) is 5.16 Å². The molecule has 0 amide bonds. The summed E-state index contributed by atoms with van der Waals surface area (Å²) in [6.45, 7) is 2.50. The highest BCUT2D eigenvalue weighted by atomic mass is 16.5. The molecule has 0 atom stereocenters. The van der Waals surface area contributed by atoms with E-state index in [1.165, 1.54) is 5.56 Å². The topological polar surface area (TPSA) is 54.2 Å². The van der Waals surface area contributed by atoms with Gasteiger partial charge in [-0.15, -0.1) is 0 Å². The second-order valence-electron chi connectivity index (χ2n) is 4.66. The highest BCUT2D eigenvalue weighted by Gasteiger charge is 2.07. The Kier molecular flexibility index (Phi) is 5.06. The summed E-state index contributed by atoms with van der Waals surface area (Å²) < 4.78 is 5.30. The first-order chi connectivity index (χ1) is 9.28. The first-order valence-corrected chi connectivity index (χ1v) is 6.44. The molecule has 5 heteroatoms. The maximum Gasteiger partial charge on any atom is 0.151 e. The van der Waals surface area contributed by atoms with Gasteiger partial charge in [-0.25, -0.2) is 0 Å². The van der Waals surface area contributed by atoms with E-state index in [2.05, 4.69) is 27.4 Å². The van der Waals surface area contributed by atoms with Crippen molar-refractivity contribution in [2.45, 2.75) is 19.5 Å². The third-order valence-corrected chi connectivity index (χ3v) is 2.92. The van der Waals surface area contributed by atoms with Gasteiger partial charge in [0.05, 0.1) is 12.2 Å². The van der Waals surface area contributed by atoms with Crippen molar-refractivity contribution in [3.63, 3.8) is 0 Å². The van der Waals surface area contributed by atoms with Gasteiger partial charge in [0.15, 0.2) is 5.76 Å². The average molecular weight is 260 g/mol. The Morgan fingerprint density at radius 1 is 1.32 bits per heavy atom. The minimum atomic E-state index is 0.740. The first-order valence-electron chi connectivity index (χ1n) is 6.44. The third-order valence-electron chi connectivity index (χ3n) is 2.92. The van der Waals surface area contributed by atoms with Gasteiger partial charge in [0.2, 0.25) is 0 Å². The van der Waals surface area contributed by atoms with Crippen LogP contribution in [0.15, 0.2) is 35.1 Å². The first kappa shape index (κ1) is 13.7. The van der Waals surface area contributed by atoms with Crippen molar-refractivity contribution in [3.8, 4) is 0 Å². The Morgan fingerprint density at radius 2 is 2.11 bits per heavy atom. The van der Waals surface area contributed by atoms with E-state index in [0.29, 0.717) is 0 Å². The molecule has 2 rings (SSSR count). The molecule has 1 N–H and O–H groups in total. The summed E-state index contributed by atoms with van der Waals surface area (Å²) in [6.07, 6.45) is 4.67. The summed E-state index contributed by atoms with van der Waals surface area (Å²) in [5.74, 6) is 0.905. The molecule has 5 nitrogen and oxygen atoms in total. The van der Waals surface area contributed by atoms with Gasteiger partial charge < -0.3 is 9.84 Å². The Labute approximate surface area is 113 Å². The second-order valence-corrected chi connectivity index (χ2v) is 4.66. The van der Waals surface area contributed by atoms with E-state index in [0.717, 1.165) is 37.5 Å². The van der Waals surface area contributed by atoms with Crippen LogP contribution in [0.3, 0.4) is 0 Å². The molecule has 0 bridgehead atoms. The van der Waals surface area contributed by atoms with Crippen LogP contribution in [0.1, 0.15) is 17.0 Å². The minimum Gasteiger partial charge on any atom is -0.360 e. The minimum absolute atomic E-state index is 0.740. The van der Waals surface area contributed by atoms with E-state index >= 15 is 0 Å². The van der Waals surface area contributed by atoms with Crippen molar-refractivity contribution in [1.29, 1.82) is 0 Å². The SMILES string of the molecule is CNCc1cc(CN(C)CCc2ccncc2)on1. The lowest BCUT2D eigenvalue weighted by Gasteiger charge is -2.14. The van der Waals surface area contributed by atoms with Crippen LogP contribution in [0.4, 0.5) is 0 Å². The smallest absolute Gasteiger partial charge is 0.151 e. The summed E-state index contributed by atoms with van der Waals surface area (Å²) in [5.41, 5.74) is 2.25. The van der Waals surface area contributed by atoms with Crippen LogP contribution in [0.5, 0.6) is 0 Å². The second kappa shape index (κ2) is 7.01. The molecular weight excluding hydrogens is 240 g/mol. The number of aromatic nitrogens is 2. The highest BCUT2D eigenvalue weighted by Crippen LogP contribution is 2.07. The number of likely N-dealkylation sites (N-methyl/N-ethyl adjacent to an activating group) is 1. The van der Waals surface area contributed by atoms with Crippen LogP contribution in [-0.2, 0) is 19.5 Å². The molecule has 0 aliphatic heterocycles. The van der Waals surface area contributed by atoms with Crippen LogP contribution in [0.2, 0.25) is 0 Å². The monoisotopic (exact) mass is 260 g/mol. The number of pyridine rings is 1. The van der Waals surface area contributed by atoms with E-state index in [4.69, 9.17) is 4.52 Å². The zero-order chi connectivity index (χ0) is 13.5. The lowest BCUT2D eigenvalue weighted by Crippen LogP contribution is -2.20. The van der Waals surface area contributed by atoms with Crippen LogP contribution >= 0.6 is 0 Å². The van der Waals surface area contributed by atoms with Crippen molar-refractivity contribution >= 4 is 0 Å². The third kappa shape index (κ3) is 4.46. The number of rotatable bonds is 7. The fraction of sp³-hybridized carbons (Fsp3) is 0.429. The molecule has 0 unspecified atom stereocenters. The molecule has 102 valence electrons. The summed E-state index contributed by atoms with van der Waals surface area (Å²) in [6, 6.07) is 6.10. The fourth-order valence-electron chi connectivity index (χ4n) is 1.91. The van der Waals surface area contributed by atoms with Crippen molar-refractivity contribution in [2.24, 2.45) is 0 Å². The summed E-state index contributed by atoms with van der Waals surface area (Å²) >= 11 is 0. The molecule has 0 saturated heterocycles. The predicted molar refractivity (Wildman–Crippen MR) is 73.5 cm³/mol. The van der Waals surface area contributed by atoms with Gasteiger partial charge in [0, 0.05) is 31.5 Å². The number of nitrogens with zero attached hydrogens (tertiary/aromatic N) is 3. The Morgan fingerprint density at radius 3 is 2.84 bits per heavy atom. The van der Waals surface area contributed by atoms with E-state index in [-0.39, 0.29) is 0 Å². The van der Waals surface area contributed by atoms with Crippen LogP contribution < -0.4 is 5.32 Å². The van der Waals surface area contributed by atoms with Crippen molar-refractivity contribution in [2.75, 3.05) is 20.6 Å². The summed E-state index contributed by atoms with van der Waals surface area (Å²) in [5, 5.41) is 7.06. The molecule has 0 saturated carbocycles. The highest BCUT2D eigenvalue weighted by molar-refractivity contribution is 5.10. The lowest BCUT2D eigenvalue weighted by molar-refractivity contribution is 0.274. The Bertz CT molecular complexity index is 483. The van der Waals surface area contributed by atoms with Crippen LogP contribution in [0, 0.1) is 0 Å². The van der Waals surface area contributed by atoms with E-state index in [9.17, 15) is 0 Å². The molecule has 0 aliphatic rings. The van der Waals surface area contributed by atoms with Crippen LogP contribution in [0.25, 0.3) is 0 Å². The molecule has 0 spiro atoms. The van der Waals surface area contributed by atoms with Crippen LogP contribution in [-0.4, -0.2) is 35.7 Å². The molecule has 2 aromatic heterocycles. The summed E-state index contributed by atoms with van der Waals surface area (Å²) in [7, 11) is 3.98. The quantitative estimate of drug-likeness (QED) is 0.817. The zero-order valence-electron chi connectivity index (χ0n) is 11.5. The fourth-order valence-corrected chi connectivity index (χ4v) is 1.91.